The monoisotopic (exact) mass is 532 g/mol. The molecule has 3 rings (SSSR count). The smallest absolute Gasteiger partial charge is 0.375 e. The van der Waals surface area contributed by atoms with Crippen LogP contribution in [0.3, 0.4) is 0 Å². The summed E-state index contributed by atoms with van der Waals surface area (Å²) in [7, 11) is 2.78. The van der Waals surface area contributed by atoms with Gasteiger partial charge < -0.3 is 24.0 Å². The van der Waals surface area contributed by atoms with E-state index in [1.54, 1.807) is 35.8 Å². The molecular formula is C23H32F4N6O4. The number of aromatic nitrogens is 3. The third-order valence-corrected chi connectivity index (χ3v) is 6.01. The number of hydrogen-bond acceptors (Lipinski definition) is 7. The number of morpholine rings is 1. The van der Waals surface area contributed by atoms with Crippen molar-refractivity contribution >= 4 is 17.7 Å². The van der Waals surface area contributed by atoms with Crippen molar-refractivity contribution in [1.29, 1.82) is 0 Å². The van der Waals surface area contributed by atoms with Crippen LogP contribution in [0.5, 0.6) is 0 Å². The van der Waals surface area contributed by atoms with Crippen molar-refractivity contribution in [3.63, 3.8) is 0 Å². The number of carbonyl (C=O) groups is 1. The number of pyridine rings is 1. The first-order chi connectivity index (χ1) is 17.5. The van der Waals surface area contributed by atoms with Crippen LogP contribution in [0.2, 0.25) is 0 Å². The second-order valence-corrected chi connectivity index (χ2v) is 8.66. The third kappa shape index (κ3) is 6.87. The lowest BCUT2D eigenvalue weighted by Crippen LogP contribution is -2.48. The van der Waals surface area contributed by atoms with Gasteiger partial charge in [-0.3, -0.25) is 10.00 Å². The minimum absolute atomic E-state index is 0.00460. The highest BCUT2D eigenvalue weighted by Crippen LogP contribution is 2.36. The first kappa shape index (κ1) is 28.6. The summed E-state index contributed by atoms with van der Waals surface area (Å²) in [5, 5.41) is 6.42. The Kier molecular flexibility index (Phi) is 9.31. The van der Waals surface area contributed by atoms with E-state index in [0.717, 1.165) is 0 Å². The molecular weight excluding hydrogens is 500 g/mol. The zero-order valence-corrected chi connectivity index (χ0v) is 21.4. The Hall–Kier alpha value is -2.97. The molecule has 3 heterocycles. The van der Waals surface area contributed by atoms with Gasteiger partial charge in [-0.05, 0) is 26.8 Å². The number of urea groups is 1. The lowest BCUT2D eigenvalue weighted by Gasteiger charge is -2.34. The molecule has 1 unspecified atom stereocenters. The summed E-state index contributed by atoms with van der Waals surface area (Å²) in [6.45, 7) is 6.70. The number of carbonyl (C=O) groups excluding carboxylic acids is 1. The molecule has 1 saturated heterocycles. The molecule has 0 aromatic carbocycles. The number of nitrogens with one attached hydrogen (secondary N) is 1. The molecule has 206 valence electrons. The molecule has 2 amide bonds. The van der Waals surface area contributed by atoms with Crippen LogP contribution < -0.4 is 10.2 Å². The largest absolute Gasteiger partial charge is 0.419 e. The van der Waals surface area contributed by atoms with Crippen molar-refractivity contribution in [2.24, 2.45) is 0 Å². The molecule has 0 bridgehead atoms. The van der Waals surface area contributed by atoms with Crippen molar-refractivity contribution in [1.82, 2.24) is 19.7 Å². The molecule has 0 aliphatic carbocycles. The summed E-state index contributed by atoms with van der Waals surface area (Å²) >= 11 is 0. The van der Waals surface area contributed by atoms with E-state index in [2.05, 4.69) is 15.4 Å². The molecule has 37 heavy (non-hydrogen) atoms. The topological polar surface area (TPSA) is 94.0 Å². The number of halogens is 4. The van der Waals surface area contributed by atoms with Crippen LogP contribution in [0, 0.1) is 5.82 Å². The molecule has 2 aromatic heterocycles. The van der Waals surface area contributed by atoms with Gasteiger partial charge >= 0.3 is 12.2 Å². The van der Waals surface area contributed by atoms with E-state index in [4.69, 9.17) is 14.2 Å². The highest BCUT2D eigenvalue weighted by Gasteiger charge is 2.38. The predicted molar refractivity (Wildman–Crippen MR) is 127 cm³/mol. The quantitative estimate of drug-likeness (QED) is 0.389. The summed E-state index contributed by atoms with van der Waals surface area (Å²) in [6.07, 6.45) is -2.84. The van der Waals surface area contributed by atoms with E-state index in [0.29, 0.717) is 18.2 Å². The van der Waals surface area contributed by atoms with Crippen molar-refractivity contribution < 1.29 is 36.6 Å². The van der Waals surface area contributed by atoms with Crippen molar-refractivity contribution in [3.8, 4) is 0 Å². The lowest BCUT2D eigenvalue weighted by atomic mass is 10.2. The average molecular weight is 533 g/mol. The molecule has 1 fully saturated rings. The van der Waals surface area contributed by atoms with E-state index < -0.39 is 41.7 Å². The number of aryl methyl sites for hydroxylation is 1. The Morgan fingerprint density at radius 1 is 1.35 bits per heavy atom. The highest BCUT2D eigenvalue weighted by atomic mass is 19.4. The number of amides is 2. The fourth-order valence-electron chi connectivity index (χ4n) is 4.06. The molecule has 10 nitrogen and oxygen atoms in total. The van der Waals surface area contributed by atoms with Gasteiger partial charge in [-0.25, -0.2) is 14.2 Å². The number of alkyl halides is 3. The van der Waals surface area contributed by atoms with E-state index in [-0.39, 0.29) is 38.2 Å². The maximum absolute atomic E-state index is 15.1. The van der Waals surface area contributed by atoms with Gasteiger partial charge in [0.2, 0.25) is 0 Å². The Balaban J connectivity index is 1.97. The number of rotatable bonds is 9. The second kappa shape index (κ2) is 12.0. The maximum Gasteiger partial charge on any atom is 0.419 e. The van der Waals surface area contributed by atoms with Crippen molar-refractivity contribution in [2.45, 2.75) is 58.5 Å². The number of hydrogen-bond donors (Lipinski definition) is 1. The predicted octanol–water partition coefficient (Wildman–Crippen LogP) is 3.72. The number of anilines is 2. The van der Waals surface area contributed by atoms with Crippen LogP contribution in [0.15, 0.2) is 18.5 Å². The minimum Gasteiger partial charge on any atom is -0.375 e. The highest BCUT2D eigenvalue weighted by molar-refractivity contribution is 5.89. The maximum atomic E-state index is 15.1. The normalized spacial score (nSPS) is 17.2. The lowest BCUT2D eigenvalue weighted by molar-refractivity contribution is -0.139. The molecule has 0 saturated carbocycles. The Morgan fingerprint density at radius 2 is 2.05 bits per heavy atom. The van der Waals surface area contributed by atoms with Crippen LogP contribution in [-0.4, -0.2) is 78.0 Å². The van der Waals surface area contributed by atoms with Crippen LogP contribution in [-0.2, 0) is 33.5 Å². The SMILES string of the molecule is CCn1cc(CN(C(=O)Nc2nc(N3CCO[C@H](C)C3)cc(C(F)(F)F)c2F)C(C)C(OC)OC)cn1. The number of nitrogens with zero attached hydrogens (tertiary/aromatic N) is 5. The number of methoxy groups -OCH3 is 2. The second-order valence-electron chi connectivity index (χ2n) is 8.66. The minimum atomic E-state index is -5.00. The third-order valence-electron chi connectivity index (χ3n) is 6.01. The molecule has 0 radical (unpaired) electrons. The van der Waals surface area contributed by atoms with E-state index >= 15 is 4.39 Å². The Morgan fingerprint density at radius 3 is 2.62 bits per heavy atom. The molecule has 2 atom stereocenters. The van der Waals surface area contributed by atoms with E-state index in [1.807, 2.05) is 6.92 Å². The molecule has 14 heteroatoms. The van der Waals surface area contributed by atoms with Gasteiger partial charge in [0.15, 0.2) is 17.9 Å². The van der Waals surface area contributed by atoms with Gasteiger partial charge in [-0.2, -0.15) is 18.3 Å². The Bertz CT molecular complexity index is 1060. The van der Waals surface area contributed by atoms with Gasteiger partial charge in [0.25, 0.3) is 0 Å². The van der Waals surface area contributed by atoms with Gasteiger partial charge in [0, 0.05) is 45.6 Å². The standard InChI is InChI=1S/C23H32F4N6O4/c1-6-32-12-16(10-28-32)13-33(15(3)21(35-4)36-5)22(34)30-20-19(24)17(23(25,26)27)9-18(29-20)31-7-8-37-14(2)11-31/h9-10,12,14-15,21H,6-8,11,13H2,1-5H3,(H,29,30,34)/t14-,15?/m1/s1. The van der Waals surface area contributed by atoms with Gasteiger partial charge in [0.05, 0.1) is 37.1 Å². The molecule has 2 aromatic rings. The number of ether oxygens (including phenoxy) is 3. The van der Waals surface area contributed by atoms with Crippen LogP contribution in [0.4, 0.5) is 34.0 Å². The first-order valence-corrected chi connectivity index (χ1v) is 11.8. The van der Waals surface area contributed by atoms with Gasteiger partial charge in [0.1, 0.15) is 5.82 Å². The first-order valence-electron chi connectivity index (χ1n) is 11.8. The fourth-order valence-corrected chi connectivity index (χ4v) is 4.06. The van der Waals surface area contributed by atoms with Crippen molar-refractivity contribution in [3.05, 3.63) is 35.4 Å². The molecule has 0 spiro atoms. The van der Waals surface area contributed by atoms with Crippen LogP contribution in [0.1, 0.15) is 31.9 Å². The van der Waals surface area contributed by atoms with Gasteiger partial charge in [-0.15, -0.1) is 0 Å². The molecule has 1 aliphatic rings. The molecule has 1 N–H and O–H groups in total. The summed E-state index contributed by atoms with van der Waals surface area (Å²) in [5.41, 5.74) is -0.877. The summed E-state index contributed by atoms with van der Waals surface area (Å²) in [6, 6.07) is -0.953. The zero-order valence-electron chi connectivity index (χ0n) is 21.4. The van der Waals surface area contributed by atoms with Crippen molar-refractivity contribution in [2.75, 3.05) is 44.1 Å². The zero-order chi connectivity index (χ0) is 27.3. The van der Waals surface area contributed by atoms with Crippen LogP contribution >= 0.6 is 0 Å². The summed E-state index contributed by atoms with van der Waals surface area (Å²) in [5.74, 6) is -2.62. The van der Waals surface area contributed by atoms with Gasteiger partial charge in [-0.1, -0.05) is 0 Å². The Labute approximate surface area is 212 Å². The average Bonchev–Trinajstić information content (AvgIpc) is 3.31. The molecule has 1 aliphatic heterocycles. The summed E-state index contributed by atoms with van der Waals surface area (Å²) < 4.78 is 73.9. The fraction of sp³-hybridized carbons (Fsp3) is 0.609. The van der Waals surface area contributed by atoms with E-state index in [1.165, 1.54) is 19.1 Å². The summed E-state index contributed by atoms with van der Waals surface area (Å²) in [4.78, 5) is 20.2. The van der Waals surface area contributed by atoms with E-state index in [9.17, 15) is 18.0 Å². The van der Waals surface area contributed by atoms with Crippen LogP contribution in [0.25, 0.3) is 0 Å².